The molecular formula is C9H14N2OS. The quantitative estimate of drug-likeness (QED) is 0.806. The molecule has 72 valence electrons. The van der Waals surface area contributed by atoms with Gasteiger partial charge in [0.1, 0.15) is 5.01 Å². The van der Waals surface area contributed by atoms with Crippen LogP contribution in [-0.4, -0.2) is 10.9 Å². The Morgan fingerprint density at radius 1 is 1.69 bits per heavy atom. The van der Waals surface area contributed by atoms with Gasteiger partial charge in [0.15, 0.2) is 0 Å². The fraction of sp³-hybridized carbons (Fsp3) is 0.556. The van der Waals surface area contributed by atoms with Crippen LogP contribution in [0.2, 0.25) is 0 Å². The number of nitrogens with one attached hydrogen (secondary N) is 1. The second-order valence-electron chi connectivity index (χ2n) is 3.36. The molecule has 0 radical (unpaired) electrons. The van der Waals surface area contributed by atoms with Crippen LogP contribution in [-0.2, 0) is 10.3 Å². The maximum Gasteiger partial charge on any atom is 0.220 e. The fourth-order valence-corrected chi connectivity index (χ4v) is 1.74. The molecule has 1 heterocycles. The maximum absolute atomic E-state index is 11.2. The van der Waals surface area contributed by atoms with Crippen molar-refractivity contribution in [3.63, 3.8) is 0 Å². The minimum absolute atomic E-state index is 0.0557. The summed E-state index contributed by atoms with van der Waals surface area (Å²) in [5, 5.41) is 5.77. The van der Waals surface area contributed by atoms with Crippen molar-refractivity contribution in [3.05, 3.63) is 16.6 Å². The minimum Gasteiger partial charge on any atom is -0.345 e. The first-order chi connectivity index (χ1) is 6.06. The SMILES string of the molecule is CCC(=O)NC(C)(C)c1nccs1. The number of nitrogens with zero attached hydrogens (tertiary/aromatic N) is 1. The Balaban J connectivity index is 2.72. The van der Waals surface area contributed by atoms with Gasteiger partial charge in [0.2, 0.25) is 5.91 Å². The summed E-state index contributed by atoms with van der Waals surface area (Å²) in [5.41, 5.74) is -0.346. The minimum atomic E-state index is -0.346. The smallest absolute Gasteiger partial charge is 0.220 e. The van der Waals surface area contributed by atoms with E-state index in [0.29, 0.717) is 6.42 Å². The molecule has 0 aliphatic heterocycles. The van der Waals surface area contributed by atoms with Crippen LogP contribution in [0.1, 0.15) is 32.2 Å². The summed E-state index contributed by atoms with van der Waals surface area (Å²) >= 11 is 1.56. The van der Waals surface area contributed by atoms with Crippen molar-refractivity contribution in [2.75, 3.05) is 0 Å². The summed E-state index contributed by atoms with van der Waals surface area (Å²) in [6.45, 7) is 5.76. The van der Waals surface area contributed by atoms with E-state index in [1.807, 2.05) is 26.2 Å². The van der Waals surface area contributed by atoms with E-state index in [0.717, 1.165) is 5.01 Å². The van der Waals surface area contributed by atoms with Crippen molar-refractivity contribution in [2.24, 2.45) is 0 Å². The number of thiazole rings is 1. The fourth-order valence-electron chi connectivity index (χ4n) is 1.02. The number of hydrogen-bond donors (Lipinski definition) is 1. The highest BCUT2D eigenvalue weighted by molar-refractivity contribution is 7.09. The Morgan fingerprint density at radius 3 is 2.85 bits per heavy atom. The number of hydrogen-bond acceptors (Lipinski definition) is 3. The van der Waals surface area contributed by atoms with Gasteiger partial charge in [-0.05, 0) is 13.8 Å². The second kappa shape index (κ2) is 3.87. The normalized spacial score (nSPS) is 11.3. The van der Waals surface area contributed by atoms with Crippen molar-refractivity contribution in [1.29, 1.82) is 0 Å². The molecule has 3 nitrogen and oxygen atoms in total. The first-order valence-corrected chi connectivity index (χ1v) is 5.15. The van der Waals surface area contributed by atoms with Crippen molar-refractivity contribution >= 4 is 17.2 Å². The predicted molar refractivity (Wildman–Crippen MR) is 53.6 cm³/mol. The summed E-state index contributed by atoms with van der Waals surface area (Å²) in [6.07, 6.45) is 2.26. The standard InChI is InChI=1S/C9H14N2OS/c1-4-7(12)11-9(2,3)8-10-5-6-13-8/h5-6H,4H2,1-3H3,(H,11,12). The molecule has 4 heteroatoms. The molecule has 0 bridgehead atoms. The number of carbonyl (C=O) groups excluding carboxylic acids is 1. The van der Waals surface area contributed by atoms with Crippen LogP contribution in [0.25, 0.3) is 0 Å². The Morgan fingerprint density at radius 2 is 2.38 bits per heavy atom. The largest absolute Gasteiger partial charge is 0.345 e. The lowest BCUT2D eigenvalue weighted by molar-refractivity contribution is -0.122. The lowest BCUT2D eigenvalue weighted by atomic mass is 10.1. The summed E-state index contributed by atoms with van der Waals surface area (Å²) in [4.78, 5) is 15.4. The van der Waals surface area contributed by atoms with Crippen molar-refractivity contribution in [2.45, 2.75) is 32.7 Å². The van der Waals surface area contributed by atoms with Crippen molar-refractivity contribution in [1.82, 2.24) is 10.3 Å². The summed E-state index contributed by atoms with van der Waals surface area (Å²) < 4.78 is 0. The number of amides is 1. The Hall–Kier alpha value is -0.900. The van der Waals surface area contributed by atoms with E-state index < -0.39 is 0 Å². The van der Waals surface area contributed by atoms with Gasteiger partial charge in [-0.25, -0.2) is 4.98 Å². The van der Waals surface area contributed by atoms with Crippen LogP contribution in [0, 0.1) is 0 Å². The van der Waals surface area contributed by atoms with Crippen molar-refractivity contribution < 1.29 is 4.79 Å². The third kappa shape index (κ3) is 2.52. The maximum atomic E-state index is 11.2. The number of rotatable bonds is 3. The van der Waals surface area contributed by atoms with Gasteiger partial charge in [0.05, 0.1) is 5.54 Å². The summed E-state index contributed by atoms with van der Waals surface area (Å²) in [6, 6.07) is 0. The van der Waals surface area contributed by atoms with Gasteiger partial charge in [0, 0.05) is 18.0 Å². The van der Waals surface area contributed by atoms with Gasteiger partial charge >= 0.3 is 0 Å². The summed E-state index contributed by atoms with van der Waals surface area (Å²) in [5.74, 6) is 0.0557. The van der Waals surface area contributed by atoms with Crippen LogP contribution < -0.4 is 5.32 Å². The average Bonchev–Trinajstić information content (AvgIpc) is 2.55. The molecule has 0 aliphatic rings. The Bertz CT molecular complexity index is 280. The molecule has 1 rings (SSSR count). The molecule has 13 heavy (non-hydrogen) atoms. The molecule has 1 amide bonds. The van der Waals surface area contributed by atoms with Gasteiger partial charge in [0.25, 0.3) is 0 Å². The molecular weight excluding hydrogens is 184 g/mol. The Kier molecular flexibility index (Phi) is 3.03. The topological polar surface area (TPSA) is 42.0 Å². The molecule has 0 fully saturated rings. The molecule has 1 aromatic heterocycles. The summed E-state index contributed by atoms with van der Waals surface area (Å²) in [7, 11) is 0. The highest BCUT2D eigenvalue weighted by Gasteiger charge is 2.24. The van der Waals surface area contributed by atoms with Gasteiger partial charge in [-0.15, -0.1) is 11.3 Å². The van der Waals surface area contributed by atoms with Crippen LogP contribution in [0.3, 0.4) is 0 Å². The molecule has 0 saturated carbocycles. The van der Waals surface area contributed by atoms with Gasteiger partial charge in [-0.1, -0.05) is 6.92 Å². The van der Waals surface area contributed by atoms with Crippen LogP contribution in [0.5, 0.6) is 0 Å². The van der Waals surface area contributed by atoms with E-state index in [1.54, 1.807) is 17.5 Å². The monoisotopic (exact) mass is 198 g/mol. The van der Waals surface area contributed by atoms with Crippen LogP contribution in [0.15, 0.2) is 11.6 Å². The molecule has 1 aromatic rings. The van der Waals surface area contributed by atoms with E-state index in [4.69, 9.17) is 0 Å². The van der Waals surface area contributed by atoms with E-state index in [-0.39, 0.29) is 11.4 Å². The van der Waals surface area contributed by atoms with Crippen LogP contribution in [0.4, 0.5) is 0 Å². The predicted octanol–water partition coefficient (Wildman–Crippen LogP) is 1.90. The molecule has 1 N–H and O–H groups in total. The molecule has 0 spiro atoms. The zero-order chi connectivity index (χ0) is 9.90. The highest BCUT2D eigenvalue weighted by atomic mass is 32.1. The van der Waals surface area contributed by atoms with E-state index in [1.165, 1.54) is 0 Å². The third-order valence-corrected chi connectivity index (χ3v) is 2.84. The van der Waals surface area contributed by atoms with E-state index in [2.05, 4.69) is 10.3 Å². The molecule has 0 atom stereocenters. The third-order valence-electron chi connectivity index (χ3n) is 1.74. The molecule has 0 unspecified atom stereocenters. The van der Waals surface area contributed by atoms with Crippen molar-refractivity contribution in [3.8, 4) is 0 Å². The number of carbonyl (C=O) groups is 1. The zero-order valence-electron chi connectivity index (χ0n) is 8.13. The first-order valence-electron chi connectivity index (χ1n) is 4.27. The highest BCUT2D eigenvalue weighted by Crippen LogP contribution is 2.21. The molecule has 0 aromatic carbocycles. The van der Waals surface area contributed by atoms with Crippen LogP contribution >= 0.6 is 11.3 Å². The van der Waals surface area contributed by atoms with Gasteiger partial charge < -0.3 is 5.32 Å². The Labute approximate surface area is 82.2 Å². The van der Waals surface area contributed by atoms with Gasteiger partial charge in [-0.2, -0.15) is 0 Å². The second-order valence-corrected chi connectivity index (χ2v) is 4.26. The molecule has 0 saturated heterocycles. The molecule has 0 aliphatic carbocycles. The van der Waals surface area contributed by atoms with Gasteiger partial charge in [-0.3, -0.25) is 4.79 Å². The van der Waals surface area contributed by atoms with E-state index in [9.17, 15) is 4.79 Å². The lowest BCUT2D eigenvalue weighted by Crippen LogP contribution is -2.40. The van der Waals surface area contributed by atoms with E-state index >= 15 is 0 Å². The first kappa shape index (κ1) is 10.2. The zero-order valence-corrected chi connectivity index (χ0v) is 8.94. The average molecular weight is 198 g/mol. The number of aromatic nitrogens is 1. The lowest BCUT2D eigenvalue weighted by Gasteiger charge is -2.23.